The summed E-state index contributed by atoms with van der Waals surface area (Å²) in [6.07, 6.45) is 4.29. The molecule has 4 rings (SSSR count). The van der Waals surface area contributed by atoms with Crippen LogP contribution in [0.15, 0.2) is 24.4 Å². The second-order valence-electron chi connectivity index (χ2n) is 6.51. The molecule has 1 N–H and O–H groups in total. The predicted molar refractivity (Wildman–Crippen MR) is 82.5 cm³/mol. The Labute approximate surface area is 124 Å². The summed E-state index contributed by atoms with van der Waals surface area (Å²) in [5.41, 5.74) is 3.98. The lowest BCUT2D eigenvalue weighted by Crippen LogP contribution is -2.48. The van der Waals surface area contributed by atoms with E-state index >= 15 is 0 Å². The zero-order chi connectivity index (χ0) is 14.6. The van der Waals surface area contributed by atoms with Crippen LogP contribution in [0.25, 0.3) is 10.9 Å². The van der Waals surface area contributed by atoms with Crippen molar-refractivity contribution in [2.45, 2.75) is 24.8 Å². The van der Waals surface area contributed by atoms with Crippen LogP contribution in [0.5, 0.6) is 0 Å². The lowest BCUT2D eigenvalue weighted by atomic mass is 9.72. The van der Waals surface area contributed by atoms with Crippen LogP contribution >= 0.6 is 0 Å². The van der Waals surface area contributed by atoms with E-state index < -0.39 is 0 Å². The van der Waals surface area contributed by atoms with Crippen LogP contribution in [0.4, 0.5) is 0 Å². The number of hydrogen-bond acceptors (Lipinski definition) is 3. The molecule has 2 aliphatic rings. The Morgan fingerprint density at radius 1 is 1.38 bits per heavy atom. The van der Waals surface area contributed by atoms with E-state index in [1.54, 1.807) is 7.11 Å². The zero-order valence-corrected chi connectivity index (χ0v) is 12.6. The largest absolute Gasteiger partial charge is 0.417 e. The summed E-state index contributed by atoms with van der Waals surface area (Å²) in [4.78, 5) is 7.91. The maximum Gasteiger partial charge on any atom is 0.104 e. The van der Waals surface area contributed by atoms with Crippen molar-refractivity contribution in [3.8, 4) is 0 Å². The molecule has 4 heteroatoms. The average Bonchev–Trinajstić information content (AvgIpc) is 2.87. The van der Waals surface area contributed by atoms with Crippen LogP contribution in [-0.2, 0) is 6.42 Å². The Morgan fingerprint density at radius 3 is 3.00 bits per heavy atom. The number of nitrogens with zero attached hydrogens (tertiary/aromatic N) is 2. The molecule has 1 aromatic carbocycles. The molecule has 2 heterocycles. The standard InChI is InChI=1S/C17H22N2O2/c1-18-8-11(10-20)6-14-13-4-3-5-15-17(13)12(7-16(14)18)9-19(15)21-2/h3-5,9,11,14,16,20H,6-8,10H2,1-2H3/t11-,14-,16-/m1/s1. The van der Waals surface area contributed by atoms with E-state index in [9.17, 15) is 5.11 Å². The Kier molecular flexibility index (Phi) is 2.98. The topological polar surface area (TPSA) is 37.6 Å². The molecule has 112 valence electrons. The van der Waals surface area contributed by atoms with E-state index in [-0.39, 0.29) is 6.61 Å². The molecule has 1 aromatic heterocycles. The molecule has 3 atom stereocenters. The molecule has 1 aliphatic heterocycles. The minimum absolute atomic E-state index is 0.287. The van der Waals surface area contributed by atoms with E-state index in [1.807, 2.05) is 4.73 Å². The van der Waals surface area contributed by atoms with Crippen molar-refractivity contribution in [1.82, 2.24) is 9.63 Å². The monoisotopic (exact) mass is 286 g/mol. The third kappa shape index (κ3) is 1.82. The first kappa shape index (κ1) is 13.2. The summed E-state index contributed by atoms with van der Waals surface area (Å²) in [5, 5.41) is 10.9. The Bertz CT molecular complexity index is 679. The third-order valence-corrected chi connectivity index (χ3v) is 5.35. The van der Waals surface area contributed by atoms with Gasteiger partial charge in [-0.3, -0.25) is 0 Å². The van der Waals surface area contributed by atoms with E-state index in [0.717, 1.165) is 24.9 Å². The average molecular weight is 286 g/mol. The van der Waals surface area contributed by atoms with Crippen molar-refractivity contribution in [2.24, 2.45) is 5.92 Å². The number of hydrogen-bond donors (Lipinski definition) is 1. The Balaban J connectivity index is 1.88. The molecule has 0 bridgehead atoms. The SMILES string of the molecule is COn1cc2c3c(cccc31)[C@H]1C[C@@H](CO)CN(C)[C@@H]1C2. The summed E-state index contributed by atoms with van der Waals surface area (Å²) in [6.45, 7) is 1.28. The fraction of sp³-hybridized carbons (Fsp3) is 0.529. The van der Waals surface area contributed by atoms with Crippen molar-refractivity contribution in [1.29, 1.82) is 0 Å². The molecule has 1 saturated heterocycles. The van der Waals surface area contributed by atoms with Gasteiger partial charge in [0.05, 0.1) is 5.52 Å². The molecular formula is C17H22N2O2. The van der Waals surface area contributed by atoms with Gasteiger partial charge in [0.1, 0.15) is 7.11 Å². The van der Waals surface area contributed by atoms with E-state index in [2.05, 4.69) is 36.3 Å². The molecule has 21 heavy (non-hydrogen) atoms. The van der Waals surface area contributed by atoms with Crippen LogP contribution < -0.4 is 4.84 Å². The van der Waals surface area contributed by atoms with Crippen LogP contribution in [0, 0.1) is 5.92 Å². The van der Waals surface area contributed by atoms with Crippen molar-refractivity contribution in [2.75, 3.05) is 27.3 Å². The number of likely N-dealkylation sites (tertiary alicyclic amines) is 1. The maximum atomic E-state index is 9.58. The van der Waals surface area contributed by atoms with Gasteiger partial charge >= 0.3 is 0 Å². The number of piperidine rings is 1. The van der Waals surface area contributed by atoms with E-state index in [1.165, 1.54) is 16.5 Å². The van der Waals surface area contributed by atoms with Crippen LogP contribution in [0.3, 0.4) is 0 Å². The van der Waals surface area contributed by atoms with Crippen molar-refractivity contribution >= 4 is 10.9 Å². The van der Waals surface area contributed by atoms with E-state index in [4.69, 9.17) is 4.84 Å². The molecule has 0 spiro atoms. The quantitative estimate of drug-likeness (QED) is 0.912. The highest BCUT2D eigenvalue weighted by Crippen LogP contribution is 2.44. The number of aliphatic hydroxyl groups excluding tert-OH is 1. The lowest BCUT2D eigenvalue weighted by molar-refractivity contribution is 0.0771. The molecule has 1 fully saturated rings. The zero-order valence-electron chi connectivity index (χ0n) is 12.6. The molecule has 0 unspecified atom stereocenters. The predicted octanol–water partition coefficient (Wildman–Crippen LogP) is 1.65. The van der Waals surface area contributed by atoms with Crippen LogP contribution in [0.1, 0.15) is 23.5 Å². The van der Waals surface area contributed by atoms with Gasteiger partial charge in [-0.25, -0.2) is 0 Å². The lowest BCUT2D eigenvalue weighted by Gasteiger charge is -2.45. The van der Waals surface area contributed by atoms with Gasteiger partial charge in [0.25, 0.3) is 0 Å². The molecule has 0 amide bonds. The van der Waals surface area contributed by atoms with Crippen molar-refractivity contribution in [3.63, 3.8) is 0 Å². The van der Waals surface area contributed by atoms with Crippen LogP contribution in [-0.4, -0.2) is 48.1 Å². The van der Waals surface area contributed by atoms with Crippen LogP contribution in [0.2, 0.25) is 0 Å². The first-order valence-corrected chi connectivity index (χ1v) is 7.71. The fourth-order valence-electron chi connectivity index (χ4n) is 4.41. The maximum absolute atomic E-state index is 9.58. The number of benzene rings is 1. The minimum Gasteiger partial charge on any atom is -0.417 e. The van der Waals surface area contributed by atoms with E-state index in [0.29, 0.717) is 17.9 Å². The fourth-order valence-corrected chi connectivity index (χ4v) is 4.41. The first-order valence-electron chi connectivity index (χ1n) is 7.71. The Morgan fingerprint density at radius 2 is 2.24 bits per heavy atom. The number of fused-ring (bicyclic) bond motifs is 2. The molecule has 0 saturated carbocycles. The second-order valence-corrected chi connectivity index (χ2v) is 6.51. The number of aromatic nitrogens is 1. The summed E-state index contributed by atoms with van der Waals surface area (Å²) in [6, 6.07) is 7.05. The summed E-state index contributed by atoms with van der Waals surface area (Å²) in [7, 11) is 3.91. The molecule has 2 aromatic rings. The van der Waals surface area contributed by atoms with Gasteiger partial charge in [0, 0.05) is 36.7 Å². The molecule has 1 aliphatic carbocycles. The van der Waals surface area contributed by atoms with Gasteiger partial charge < -0.3 is 14.8 Å². The van der Waals surface area contributed by atoms with Crippen molar-refractivity contribution < 1.29 is 9.94 Å². The smallest absolute Gasteiger partial charge is 0.104 e. The summed E-state index contributed by atoms with van der Waals surface area (Å²) in [5.74, 6) is 0.905. The first-order chi connectivity index (χ1) is 10.2. The highest BCUT2D eigenvalue weighted by atomic mass is 16.6. The van der Waals surface area contributed by atoms with Gasteiger partial charge in [-0.15, -0.1) is 0 Å². The van der Waals surface area contributed by atoms with Gasteiger partial charge in [0.15, 0.2) is 0 Å². The van der Waals surface area contributed by atoms with Gasteiger partial charge in [0.2, 0.25) is 0 Å². The van der Waals surface area contributed by atoms with Gasteiger partial charge in [-0.2, -0.15) is 4.73 Å². The highest BCUT2D eigenvalue weighted by molar-refractivity contribution is 5.88. The second kappa shape index (κ2) is 4.75. The third-order valence-electron chi connectivity index (χ3n) is 5.35. The molecule has 0 radical (unpaired) electrons. The molecular weight excluding hydrogens is 264 g/mol. The number of likely N-dealkylation sites (N-methyl/N-ethyl adjacent to an activating group) is 1. The molecule has 4 nitrogen and oxygen atoms in total. The minimum atomic E-state index is 0.287. The number of rotatable bonds is 2. The van der Waals surface area contributed by atoms with Gasteiger partial charge in [-0.05, 0) is 43.0 Å². The van der Waals surface area contributed by atoms with Crippen molar-refractivity contribution in [3.05, 3.63) is 35.5 Å². The Hall–Kier alpha value is -1.52. The van der Waals surface area contributed by atoms with Gasteiger partial charge in [-0.1, -0.05) is 12.1 Å². The normalized spacial score (nSPS) is 28.6. The summed E-state index contributed by atoms with van der Waals surface area (Å²) < 4.78 is 1.88. The summed E-state index contributed by atoms with van der Waals surface area (Å²) >= 11 is 0. The highest BCUT2D eigenvalue weighted by Gasteiger charge is 2.39. The number of aliphatic hydroxyl groups is 1.